The van der Waals surface area contributed by atoms with E-state index in [0.717, 1.165) is 0 Å². The van der Waals surface area contributed by atoms with Crippen LogP contribution in [0.15, 0.2) is 4.99 Å². The molecule has 1 saturated heterocycles. The Morgan fingerprint density at radius 2 is 2.42 bits per heavy atom. The van der Waals surface area contributed by atoms with E-state index in [4.69, 9.17) is 0 Å². The van der Waals surface area contributed by atoms with Crippen molar-refractivity contribution < 1.29 is 9.59 Å². The zero-order valence-corrected chi connectivity index (χ0v) is 6.28. The Hall–Kier alpha value is -1.43. The number of rotatable bonds is 0. The van der Waals surface area contributed by atoms with Crippen LogP contribution in [0.2, 0.25) is 0 Å². The summed E-state index contributed by atoms with van der Waals surface area (Å²) in [4.78, 5) is 27.4. The summed E-state index contributed by atoms with van der Waals surface area (Å²) < 4.78 is 0. The molecule has 1 fully saturated rings. The van der Waals surface area contributed by atoms with Crippen molar-refractivity contribution in [2.45, 2.75) is 6.17 Å². The Kier molecular flexibility index (Phi) is 1.54. The number of carbonyl (C=O) groups is 2. The number of amides is 2. The van der Waals surface area contributed by atoms with Crippen molar-refractivity contribution in [2.24, 2.45) is 4.99 Å². The second-order valence-electron chi connectivity index (χ2n) is 2.62. The van der Waals surface area contributed by atoms with Gasteiger partial charge < -0.3 is 4.90 Å². The van der Waals surface area contributed by atoms with Gasteiger partial charge in [-0.2, -0.15) is 0 Å². The zero-order chi connectivity index (χ0) is 8.55. The Balaban J connectivity index is 2.20. The van der Waals surface area contributed by atoms with Crippen molar-refractivity contribution in [3.63, 3.8) is 0 Å². The lowest BCUT2D eigenvalue weighted by Crippen LogP contribution is -2.67. The van der Waals surface area contributed by atoms with Crippen LogP contribution in [-0.2, 0) is 9.59 Å². The average molecular weight is 168 g/mol. The van der Waals surface area contributed by atoms with Crippen LogP contribution in [0, 0.1) is 0 Å². The van der Waals surface area contributed by atoms with Gasteiger partial charge in [-0.15, -0.1) is 0 Å². The molecule has 0 spiro atoms. The summed E-state index contributed by atoms with van der Waals surface area (Å²) >= 11 is 0. The van der Waals surface area contributed by atoms with E-state index in [9.17, 15) is 9.59 Å². The van der Waals surface area contributed by atoms with Gasteiger partial charge in [0, 0.05) is 6.21 Å². The van der Waals surface area contributed by atoms with Crippen molar-refractivity contribution in [3.05, 3.63) is 0 Å². The van der Waals surface area contributed by atoms with E-state index in [1.807, 2.05) is 0 Å². The van der Waals surface area contributed by atoms with Crippen molar-refractivity contribution in [1.82, 2.24) is 15.8 Å². The van der Waals surface area contributed by atoms with E-state index in [-0.39, 0.29) is 6.17 Å². The van der Waals surface area contributed by atoms with Crippen molar-refractivity contribution in [2.75, 3.05) is 13.1 Å². The molecule has 0 aromatic carbocycles. The van der Waals surface area contributed by atoms with Gasteiger partial charge in [0.1, 0.15) is 6.17 Å². The molecule has 6 nitrogen and oxygen atoms in total. The van der Waals surface area contributed by atoms with Gasteiger partial charge >= 0.3 is 11.8 Å². The van der Waals surface area contributed by atoms with E-state index in [1.165, 1.54) is 4.90 Å². The molecule has 0 aromatic heterocycles. The summed E-state index contributed by atoms with van der Waals surface area (Å²) in [6.07, 6.45) is 1.45. The lowest BCUT2D eigenvalue weighted by Gasteiger charge is -2.35. The monoisotopic (exact) mass is 168 g/mol. The molecule has 6 heteroatoms. The van der Waals surface area contributed by atoms with Crippen LogP contribution in [0.25, 0.3) is 0 Å². The molecule has 0 saturated carbocycles. The summed E-state index contributed by atoms with van der Waals surface area (Å²) in [5.74, 6) is -1.11. The fourth-order valence-corrected chi connectivity index (χ4v) is 1.23. The SMILES string of the molecule is O=C1NNC2CN=CCN2C1=O. The van der Waals surface area contributed by atoms with Crippen molar-refractivity contribution >= 4 is 18.0 Å². The third kappa shape index (κ3) is 0.964. The Morgan fingerprint density at radius 1 is 1.58 bits per heavy atom. The highest BCUT2D eigenvalue weighted by Gasteiger charge is 2.33. The predicted octanol–water partition coefficient (Wildman–Crippen LogP) is -2.14. The van der Waals surface area contributed by atoms with Crippen LogP contribution < -0.4 is 10.9 Å². The lowest BCUT2D eigenvalue weighted by molar-refractivity contribution is -0.152. The highest BCUT2D eigenvalue weighted by atomic mass is 16.2. The van der Waals surface area contributed by atoms with Crippen molar-refractivity contribution in [3.8, 4) is 0 Å². The molecular weight excluding hydrogens is 160 g/mol. The Labute approximate surface area is 68.6 Å². The largest absolute Gasteiger partial charge is 0.323 e. The maximum atomic E-state index is 11.2. The van der Waals surface area contributed by atoms with Gasteiger partial charge in [-0.1, -0.05) is 0 Å². The van der Waals surface area contributed by atoms with Gasteiger partial charge in [0.2, 0.25) is 0 Å². The average Bonchev–Trinajstić information content (AvgIpc) is 2.12. The smallest absolute Gasteiger partial charge is 0.310 e. The minimum atomic E-state index is -0.610. The number of hydrogen-bond acceptors (Lipinski definition) is 4. The molecular formula is C6H8N4O2. The van der Waals surface area contributed by atoms with E-state index in [2.05, 4.69) is 15.8 Å². The van der Waals surface area contributed by atoms with Gasteiger partial charge in [0.25, 0.3) is 0 Å². The highest BCUT2D eigenvalue weighted by Crippen LogP contribution is 2.04. The van der Waals surface area contributed by atoms with Gasteiger partial charge in [-0.3, -0.25) is 20.0 Å². The first-order valence-electron chi connectivity index (χ1n) is 3.64. The lowest BCUT2D eigenvalue weighted by atomic mass is 10.3. The number of fused-ring (bicyclic) bond motifs is 1. The van der Waals surface area contributed by atoms with Crippen LogP contribution in [0.3, 0.4) is 0 Å². The molecule has 1 unspecified atom stereocenters. The molecule has 0 bridgehead atoms. The summed E-state index contributed by atoms with van der Waals surface area (Å²) in [5.41, 5.74) is 4.97. The van der Waals surface area contributed by atoms with Crippen LogP contribution >= 0.6 is 0 Å². The highest BCUT2D eigenvalue weighted by molar-refractivity contribution is 6.35. The van der Waals surface area contributed by atoms with Crippen LogP contribution in [0.1, 0.15) is 0 Å². The maximum absolute atomic E-state index is 11.2. The Morgan fingerprint density at radius 3 is 3.25 bits per heavy atom. The van der Waals surface area contributed by atoms with Crippen molar-refractivity contribution in [1.29, 1.82) is 0 Å². The topological polar surface area (TPSA) is 73.8 Å². The third-order valence-corrected chi connectivity index (χ3v) is 1.87. The molecule has 2 aliphatic heterocycles. The summed E-state index contributed by atoms with van der Waals surface area (Å²) in [6, 6.07) is 0. The summed E-state index contributed by atoms with van der Waals surface area (Å²) in [5, 5.41) is 0. The van der Waals surface area contributed by atoms with E-state index < -0.39 is 11.8 Å². The second-order valence-corrected chi connectivity index (χ2v) is 2.62. The van der Waals surface area contributed by atoms with E-state index in [1.54, 1.807) is 6.21 Å². The predicted molar refractivity (Wildman–Crippen MR) is 40.1 cm³/mol. The molecule has 2 amide bonds. The first-order chi connectivity index (χ1) is 5.79. The minimum Gasteiger partial charge on any atom is -0.310 e. The first kappa shape index (κ1) is 7.23. The first-order valence-corrected chi connectivity index (χ1v) is 3.64. The molecule has 2 N–H and O–H groups in total. The fourth-order valence-electron chi connectivity index (χ4n) is 1.23. The maximum Gasteiger partial charge on any atom is 0.323 e. The quantitative estimate of drug-likeness (QED) is 0.405. The number of hydrazine groups is 1. The molecule has 2 heterocycles. The number of hydrogen-bond donors (Lipinski definition) is 2. The van der Waals surface area contributed by atoms with Crippen LogP contribution in [0.5, 0.6) is 0 Å². The van der Waals surface area contributed by atoms with E-state index >= 15 is 0 Å². The van der Waals surface area contributed by atoms with Crippen LogP contribution in [0.4, 0.5) is 0 Å². The van der Waals surface area contributed by atoms with E-state index in [0.29, 0.717) is 13.1 Å². The second kappa shape index (κ2) is 2.56. The number of carbonyl (C=O) groups excluding carboxylic acids is 2. The summed E-state index contributed by atoms with van der Waals surface area (Å²) in [7, 11) is 0. The minimum absolute atomic E-state index is 0.180. The molecule has 0 aliphatic carbocycles. The molecule has 2 rings (SSSR count). The van der Waals surface area contributed by atoms with Gasteiger partial charge in [-0.05, 0) is 0 Å². The molecule has 1 atom stereocenters. The number of aliphatic imine (C=N–C) groups is 1. The molecule has 0 aromatic rings. The molecule has 0 radical (unpaired) electrons. The molecule has 64 valence electrons. The Bertz CT molecular complexity index is 262. The molecule has 12 heavy (non-hydrogen) atoms. The van der Waals surface area contributed by atoms with Gasteiger partial charge in [0.15, 0.2) is 0 Å². The number of nitrogens with one attached hydrogen (secondary N) is 2. The van der Waals surface area contributed by atoms with Gasteiger partial charge in [-0.25, -0.2) is 5.43 Å². The summed E-state index contributed by atoms with van der Waals surface area (Å²) in [6.45, 7) is 0.899. The normalized spacial score (nSPS) is 28.3. The zero-order valence-electron chi connectivity index (χ0n) is 6.28. The van der Waals surface area contributed by atoms with Crippen LogP contribution in [-0.4, -0.2) is 42.2 Å². The molecule has 2 aliphatic rings. The standard InChI is InChI=1S/C6H8N4O2/c11-5-6(12)10-2-1-7-3-4(10)8-9-5/h1,4,8H,2-3H2,(H,9,11). The fraction of sp³-hybridized carbons (Fsp3) is 0.500. The third-order valence-electron chi connectivity index (χ3n) is 1.87. The number of nitrogens with zero attached hydrogens (tertiary/aromatic N) is 2. The van der Waals surface area contributed by atoms with Gasteiger partial charge in [0.05, 0.1) is 13.1 Å².